The van der Waals surface area contributed by atoms with E-state index in [0.717, 1.165) is 0 Å². The van der Waals surface area contributed by atoms with Gasteiger partial charge >= 0.3 is 31.8 Å². The summed E-state index contributed by atoms with van der Waals surface area (Å²) in [5.74, 6) is 0. The number of carbonyl (C=O) groups excluding carboxylic acids is 2. The van der Waals surface area contributed by atoms with Crippen molar-refractivity contribution in [3.05, 3.63) is 44.8 Å². The molecule has 30 heavy (non-hydrogen) atoms. The highest BCUT2D eigenvalue weighted by atomic mass is 31.1. The van der Waals surface area contributed by atoms with Gasteiger partial charge in [-0.15, -0.1) is 0 Å². The number of carbonyl (C=O) groups is 2. The first kappa shape index (κ1) is 25.1. The SMILES string of the molecule is Cc1cn(CC=CC[P+](=O)C(OC(=O)OC(C)C)OC(=O)OC(C)C)c(=O)[nH]c1=O. The topological polar surface area (TPSA) is 143 Å². The van der Waals surface area contributed by atoms with Crippen molar-refractivity contribution in [2.24, 2.45) is 0 Å². The Morgan fingerprint density at radius 2 is 1.57 bits per heavy atom. The van der Waals surface area contributed by atoms with Gasteiger partial charge in [0.1, 0.15) is 0 Å². The number of H-pyrrole nitrogens is 1. The van der Waals surface area contributed by atoms with Crippen molar-refractivity contribution >= 4 is 20.1 Å². The van der Waals surface area contributed by atoms with Crippen LogP contribution in [0, 0.1) is 6.92 Å². The summed E-state index contributed by atoms with van der Waals surface area (Å²) in [6.07, 6.45) is 1.00. The molecule has 1 rings (SSSR count). The second-order valence-electron chi connectivity index (χ2n) is 6.67. The Balaban J connectivity index is 2.77. The molecule has 12 heteroatoms. The summed E-state index contributed by atoms with van der Waals surface area (Å²) in [5, 5.41) is 0. The quantitative estimate of drug-likeness (QED) is 0.262. The van der Waals surface area contributed by atoms with Crippen LogP contribution in [0.4, 0.5) is 9.59 Å². The fraction of sp³-hybridized carbons (Fsp3) is 0.556. The van der Waals surface area contributed by atoms with Crippen LogP contribution in [0.2, 0.25) is 0 Å². The monoisotopic (exact) mass is 445 g/mol. The minimum atomic E-state index is -2.39. The summed E-state index contributed by atoms with van der Waals surface area (Å²) >= 11 is 0. The first-order valence-corrected chi connectivity index (χ1v) is 10.6. The molecule has 1 unspecified atom stereocenters. The van der Waals surface area contributed by atoms with E-state index in [9.17, 15) is 23.7 Å². The molecule has 166 valence electrons. The molecule has 0 radical (unpaired) electrons. The van der Waals surface area contributed by atoms with Crippen LogP contribution in [-0.2, 0) is 30.1 Å². The van der Waals surface area contributed by atoms with Crippen LogP contribution in [0.1, 0.15) is 33.3 Å². The Hall–Kier alpha value is -2.94. The zero-order valence-electron chi connectivity index (χ0n) is 17.4. The molecule has 1 N–H and O–H groups in total. The molecule has 0 bridgehead atoms. The number of hydrogen-bond acceptors (Lipinski definition) is 9. The van der Waals surface area contributed by atoms with Gasteiger partial charge in [-0.1, -0.05) is 10.6 Å². The van der Waals surface area contributed by atoms with Crippen LogP contribution in [0.15, 0.2) is 27.9 Å². The molecule has 0 amide bonds. The standard InChI is InChI=1S/C18H25N2O9P/c1-11(2)26-16(23)28-18(29-17(24)27-12(3)4)30(25)9-7-6-8-20-10-13(5)14(21)19-15(20)22/h6-7,10-12,18H,8-9H2,1-5H3/p+1. The minimum Gasteiger partial charge on any atom is -0.431 e. The van der Waals surface area contributed by atoms with Gasteiger partial charge in [-0.05, 0) is 40.7 Å². The highest BCUT2D eigenvalue weighted by molar-refractivity contribution is 7.45. The maximum absolute atomic E-state index is 12.5. The summed E-state index contributed by atoms with van der Waals surface area (Å²) in [4.78, 5) is 48.6. The average molecular weight is 445 g/mol. The summed E-state index contributed by atoms with van der Waals surface area (Å²) < 4.78 is 33.0. The highest BCUT2D eigenvalue weighted by Crippen LogP contribution is 2.31. The molecule has 0 saturated carbocycles. The normalized spacial score (nSPS) is 11.8. The summed E-state index contributed by atoms with van der Waals surface area (Å²) in [6, 6.07) is -1.71. The Morgan fingerprint density at radius 3 is 2.07 bits per heavy atom. The van der Waals surface area contributed by atoms with Crippen molar-refractivity contribution in [3.63, 3.8) is 0 Å². The third-order valence-electron chi connectivity index (χ3n) is 3.24. The maximum Gasteiger partial charge on any atom is 0.514 e. The number of nitrogens with zero attached hydrogens (tertiary/aromatic N) is 1. The number of ether oxygens (including phenoxy) is 4. The lowest BCUT2D eigenvalue weighted by atomic mass is 10.4. The summed E-state index contributed by atoms with van der Waals surface area (Å²) in [6.45, 7) is 8.03. The molecular weight excluding hydrogens is 419 g/mol. The minimum absolute atomic E-state index is 0.108. The van der Waals surface area contributed by atoms with Gasteiger partial charge < -0.3 is 18.9 Å². The fourth-order valence-electron chi connectivity index (χ4n) is 1.95. The van der Waals surface area contributed by atoms with Crippen LogP contribution >= 0.6 is 7.80 Å². The zero-order chi connectivity index (χ0) is 22.8. The van der Waals surface area contributed by atoms with E-state index >= 15 is 0 Å². The van der Waals surface area contributed by atoms with Gasteiger partial charge in [-0.25, -0.2) is 14.4 Å². The fourth-order valence-corrected chi connectivity index (χ4v) is 2.89. The molecular formula is C18H26N2O9P+. The second-order valence-corrected chi connectivity index (χ2v) is 8.29. The Labute approximate surface area is 173 Å². The Kier molecular flexibility index (Phi) is 9.97. The molecule has 0 aliphatic heterocycles. The van der Waals surface area contributed by atoms with Crippen LogP contribution in [0.3, 0.4) is 0 Å². The van der Waals surface area contributed by atoms with E-state index in [1.807, 2.05) is 0 Å². The van der Waals surface area contributed by atoms with Crippen molar-refractivity contribution in [1.29, 1.82) is 0 Å². The van der Waals surface area contributed by atoms with Gasteiger partial charge in [0.25, 0.3) is 5.56 Å². The van der Waals surface area contributed by atoms with Gasteiger partial charge in [0.2, 0.25) is 0 Å². The molecule has 0 aliphatic carbocycles. The van der Waals surface area contributed by atoms with E-state index in [4.69, 9.17) is 18.9 Å². The smallest absolute Gasteiger partial charge is 0.431 e. The summed E-state index contributed by atoms with van der Waals surface area (Å²) in [5.41, 5.74) is -0.692. The van der Waals surface area contributed by atoms with Gasteiger partial charge in [0.05, 0.1) is 12.2 Å². The first-order chi connectivity index (χ1) is 14.0. The predicted octanol–water partition coefficient (Wildman–Crippen LogP) is 2.64. The number of aryl methyl sites for hydroxylation is 1. The molecule has 0 aliphatic rings. The van der Waals surface area contributed by atoms with Crippen LogP contribution < -0.4 is 11.2 Å². The van der Waals surface area contributed by atoms with Crippen molar-refractivity contribution in [1.82, 2.24) is 9.55 Å². The zero-order valence-corrected chi connectivity index (χ0v) is 18.3. The van der Waals surface area contributed by atoms with Crippen molar-refractivity contribution in [2.75, 3.05) is 6.16 Å². The molecule has 1 heterocycles. The third kappa shape index (κ3) is 9.04. The second kappa shape index (κ2) is 11.9. The van der Waals surface area contributed by atoms with Crippen molar-refractivity contribution in [2.45, 2.75) is 59.4 Å². The lowest BCUT2D eigenvalue weighted by molar-refractivity contribution is -0.0715. The number of hydrogen-bond donors (Lipinski definition) is 1. The molecule has 1 atom stereocenters. The van der Waals surface area contributed by atoms with Gasteiger partial charge in [-0.2, -0.15) is 0 Å². The molecule has 0 saturated heterocycles. The lowest BCUT2D eigenvalue weighted by Gasteiger charge is -2.13. The lowest BCUT2D eigenvalue weighted by Crippen LogP contribution is -2.30. The average Bonchev–Trinajstić information content (AvgIpc) is 2.60. The number of aromatic amines is 1. The predicted molar refractivity (Wildman–Crippen MR) is 107 cm³/mol. The van der Waals surface area contributed by atoms with Crippen molar-refractivity contribution < 1.29 is 33.1 Å². The summed E-state index contributed by atoms with van der Waals surface area (Å²) in [7, 11) is -2.39. The van der Waals surface area contributed by atoms with Crippen LogP contribution in [0.25, 0.3) is 0 Å². The molecule has 1 aromatic rings. The highest BCUT2D eigenvalue weighted by Gasteiger charge is 2.38. The third-order valence-corrected chi connectivity index (χ3v) is 4.49. The number of allylic oxidation sites excluding steroid dienone is 2. The van der Waals surface area contributed by atoms with Gasteiger partial charge in [0.15, 0.2) is 6.16 Å². The molecule has 0 aromatic carbocycles. The number of rotatable bonds is 9. The Bertz CT molecular complexity index is 878. The molecule has 0 fully saturated rings. The molecule has 1 aromatic heterocycles. The van der Waals surface area contributed by atoms with Crippen LogP contribution in [-0.4, -0.2) is 46.3 Å². The van der Waals surface area contributed by atoms with E-state index in [-0.39, 0.29) is 12.7 Å². The molecule has 0 spiro atoms. The Morgan fingerprint density at radius 1 is 1.03 bits per heavy atom. The van der Waals surface area contributed by atoms with Crippen LogP contribution in [0.5, 0.6) is 0 Å². The molecule has 11 nitrogen and oxygen atoms in total. The first-order valence-electron chi connectivity index (χ1n) is 9.13. The van der Waals surface area contributed by atoms with Crippen molar-refractivity contribution in [3.8, 4) is 0 Å². The van der Waals surface area contributed by atoms with Gasteiger partial charge in [-0.3, -0.25) is 14.3 Å². The van der Waals surface area contributed by atoms with E-state index < -0.39 is 49.6 Å². The van der Waals surface area contributed by atoms with E-state index in [1.165, 1.54) is 22.9 Å². The van der Waals surface area contributed by atoms with Gasteiger partial charge in [0, 0.05) is 18.3 Å². The maximum atomic E-state index is 12.5. The number of aromatic nitrogens is 2. The van der Waals surface area contributed by atoms with E-state index in [1.54, 1.807) is 34.6 Å². The largest absolute Gasteiger partial charge is 0.514 e. The van der Waals surface area contributed by atoms with E-state index in [0.29, 0.717) is 5.56 Å². The van der Waals surface area contributed by atoms with E-state index in [2.05, 4.69) is 4.98 Å². The number of nitrogens with one attached hydrogen (secondary N) is 1.